The molecule has 8 heteroatoms. The van der Waals surface area contributed by atoms with Crippen LogP contribution in [-0.2, 0) is 21.9 Å². The molecule has 0 saturated carbocycles. The van der Waals surface area contributed by atoms with Gasteiger partial charge in [0.25, 0.3) is 10.0 Å². The summed E-state index contributed by atoms with van der Waals surface area (Å²) in [5.41, 5.74) is 1.38. The monoisotopic (exact) mass is 340 g/mol. The molecule has 2 N–H and O–H groups in total. The maximum absolute atomic E-state index is 12.0. The number of imidazole rings is 1. The fourth-order valence-electron chi connectivity index (χ4n) is 2.45. The van der Waals surface area contributed by atoms with Gasteiger partial charge in [-0.05, 0) is 39.0 Å². The van der Waals surface area contributed by atoms with Crippen LogP contribution in [0, 0.1) is 6.92 Å². The van der Waals surface area contributed by atoms with E-state index in [4.69, 9.17) is 0 Å². The number of nitrogens with one attached hydrogen (secondary N) is 2. The Kier molecular flexibility index (Phi) is 5.95. The Morgan fingerprint density at radius 2 is 2.17 bits per heavy atom. The Morgan fingerprint density at radius 3 is 2.78 bits per heavy atom. The lowest BCUT2D eigenvalue weighted by molar-refractivity contribution is -0.119. The van der Waals surface area contributed by atoms with E-state index >= 15 is 0 Å². The van der Waals surface area contributed by atoms with E-state index in [2.05, 4.69) is 21.1 Å². The van der Waals surface area contributed by atoms with Gasteiger partial charge in [0.05, 0.1) is 6.54 Å². The van der Waals surface area contributed by atoms with Crippen molar-refractivity contribution in [1.29, 1.82) is 0 Å². The number of carbonyl (C=O) groups is 1. The van der Waals surface area contributed by atoms with Gasteiger partial charge in [0.1, 0.15) is 5.82 Å². The Labute approximate surface area is 137 Å². The van der Waals surface area contributed by atoms with E-state index < -0.39 is 10.0 Å². The van der Waals surface area contributed by atoms with E-state index in [0.717, 1.165) is 19.3 Å². The smallest absolute Gasteiger partial charge is 0.260 e. The molecule has 1 amide bonds. The average Bonchev–Trinajstić information content (AvgIpc) is 2.87. The zero-order valence-electron chi connectivity index (χ0n) is 13.6. The molecule has 0 spiro atoms. The average molecular weight is 340 g/mol. The normalized spacial score (nSPS) is 15.3. The summed E-state index contributed by atoms with van der Waals surface area (Å²) in [6.45, 7) is 1.97. The highest BCUT2D eigenvalue weighted by atomic mass is 32.2. The van der Waals surface area contributed by atoms with Crippen LogP contribution in [0.25, 0.3) is 0 Å². The second kappa shape index (κ2) is 7.74. The first kappa shape index (κ1) is 17.7. The maximum Gasteiger partial charge on any atom is 0.260 e. The molecule has 0 aliphatic heterocycles. The molecule has 0 aromatic carbocycles. The molecular weight excluding hydrogens is 316 g/mol. The number of hydrogen-bond donors (Lipinski definition) is 2. The van der Waals surface area contributed by atoms with Crippen LogP contribution in [-0.4, -0.2) is 37.0 Å². The van der Waals surface area contributed by atoms with Crippen LogP contribution >= 0.6 is 0 Å². The van der Waals surface area contributed by atoms with Gasteiger partial charge >= 0.3 is 0 Å². The van der Waals surface area contributed by atoms with E-state index in [-0.39, 0.29) is 17.5 Å². The molecule has 0 fully saturated rings. The number of aryl methyl sites for hydroxylation is 2. The molecule has 23 heavy (non-hydrogen) atoms. The molecule has 1 aromatic heterocycles. The minimum absolute atomic E-state index is 0.0716. The molecule has 7 nitrogen and oxygen atoms in total. The van der Waals surface area contributed by atoms with Gasteiger partial charge < -0.3 is 9.88 Å². The standard InChI is InChI=1S/C15H24N4O3S/c1-12-18-15(11-19(12)2)23(21,22)17-10-14(20)16-9-8-13-6-4-3-5-7-13/h6,11,17H,3-5,7-10H2,1-2H3,(H,16,20). The molecule has 2 rings (SSSR count). The predicted octanol–water partition coefficient (Wildman–Crippen LogP) is 1.01. The van der Waals surface area contributed by atoms with Crippen molar-refractivity contribution >= 4 is 15.9 Å². The third-order valence-corrected chi connectivity index (χ3v) is 5.21. The van der Waals surface area contributed by atoms with Crippen molar-refractivity contribution in [3.63, 3.8) is 0 Å². The fourth-order valence-corrected chi connectivity index (χ4v) is 3.47. The Morgan fingerprint density at radius 1 is 1.39 bits per heavy atom. The predicted molar refractivity (Wildman–Crippen MR) is 87.3 cm³/mol. The van der Waals surface area contributed by atoms with Gasteiger partial charge in [0.2, 0.25) is 5.91 Å². The second-order valence-electron chi connectivity index (χ2n) is 5.77. The van der Waals surface area contributed by atoms with E-state index in [1.807, 2.05) is 0 Å². The molecule has 1 aliphatic rings. The van der Waals surface area contributed by atoms with Crippen LogP contribution in [0.3, 0.4) is 0 Å². The first-order valence-electron chi connectivity index (χ1n) is 7.83. The number of carbonyl (C=O) groups excluding carboxylic acids is 1. The van der Waals surface area contributed by atoms with Crippen LogP contribution in [0.5, 0.6) is 0 Å². The second-order valence-corrected chi connectivity index (χ2v) is 7.48. The molecule has 1 aliphatic carbocycles. The maximum atomic E-state index is 12.0. The molecule has 1 aromatic rings. The molecule has 0 unspecified atom stereocenters. The third kappa shape index (κ3) is 5.18. The zero-order chi connectivity index (χ0) is 16.9. The Bertz CT molecular complexity index is 672. The number of rotatable bonds is 7. The third-order valence-electron chi connectivity index (χ3n) is 3.94. The summed E-state index contributed by atoms with van der Waals surface area (Å²) in [6.07, 6.45) is 9.16. The molecule has 1 heterocycles. The Hall–Kier alpha value is -1.67. The van der Waals surface area contributed by atoms with Gasteiger partial charge in [-0.3, -0.25) is 4.79 Å². The summed E-state index contributed by atoms with van der Waals surface area (Å²) in [6, 6.07) is 0. The van der Waals surface area contributed by atoms with E-state index in [0.29, 0.717) is 12.4 Å². The summed E-state index contributed by atoms with van der Waals surface area (Å²) in [5, 5.41) is 2.67. The number of hydrogen-bond acceptors (Lipinski definition) is 4. The van der Waals surface area contributed by atoms with Crippen molar-refractivity contribution in [2.75, 3.05) is 13.1 Å². The van der Waals surface area contributed by atoms with E-state index in [9.17, 15) is 13.2 Å². The highest BCUT2D eigenvalue weighted by molar-refractivity contribution is 7.89. The quantitative estimate of drug-likeness (QED) is 0.725. The molecule has 0 radical (unpaired) electrons. The lowest BCUT2D eigenvalue weighted by Crippen LogP contribution is -2.37. The van der Waals surface area contributed by atoms with Gasteiger partial charge in [-0.2, -0.15) is 0 Å². The summed E-state index contributed by atoms with van der Waals surface area (Å²) in [4.78, 5) is 15.7. The van der Waals surface area contributed by atoms with E-state index in [1.165, 1.54) is 24.6 Å². The van der Waals surface area contributed by atoms with Crippen molar-refractivity contribution in [3.8, 4) is 0 Å². The van der Waals surface area contributed by atoms with Crippen LogP contribution < -0.4 is 10.0 Å². The minimum atomic E-state index is -3.76. The van der Waals surface area contributed by atoms with Crippen LogP contribution in [0.4, 0.5) is 0 Å². The number of allylic oxidation sites excluding steroid dienone is 1. The first-order chi connectivity index (χ1) is 10.9. The zero-order valence-corrected chi connectivity index (χ0v) is 14.4. The van der Waals surface area contributed by atoms with Gasteiger partial charge in [0, 0.05) is 19.8 Å². The van der Waals surface area contributed by atoms with Gasteiger partial charge in [-0.15, -0.1) is 0 Å². The minimum Gasteiger partial charge on any atom is -0.355 e. The van der Waals surface area contributed by atoms with Gasteiger partial charge in [-0.1, -0.05) is 11.6 Å². The number of nitrogens with zero attached hydrogens (tertiary/aromatic N) is 2. The van der Waals surface area contributed by atoms with Crippen molar-refractivity contribution < 1.29 is 13.2 Å². The van der Waals surface area contributed by atoms with Crippen molar-refractivity contribution in [2.24, 2.45) is 7.05 Å². The first-order valence-corrected chi connectivity index (χ1v) is 9.31. The fraction of sp³-hybridized carbons (Fsp3) is 0.600. The number of aromatic nitrogens is 2. The highest BCUT2D eigenvalue weighted by Gasteiger charge is 2.19. The molecule has 128 valence electrons. The highest BCUT2D eigenvalue weighted by Crippen LogP contribution is 2.19. The van der Waals surface area contributed by atoms with Crippen LogP contribution in [0.1, 0.15) is 37.9 Å². The SMILES string of the molecule is Cc1nc(S(=O)(=O)NCC(=O)NCCC2=CCCCC2)cn1C. The summed E-state index contributed by atoms with van der Waals surface area (Å²) in [5.74, 6) is 0.258. The molecular formula is C15H24N4O3S. The lowest BCUT2D eigenvalue weighted by Gasteiger charge is -2.13. The van der Waals surface area contributed by atoms with Crippen molar-refractivity contribution in [3.05, 3.63) is 23.7 Å². The van der Waals surface area contributed by atoms with Crippen LogP contribution in [0.2, 0.25) is 0 Å². The number of amides is 1. The topological polar surface area (TPSA) is 93.1 Å². The summed E-state index contributed by atoms with van der Waals surface area (Å²) < 4.78 is 28.0. The molecule has 0 saturated heterocycles. The van der Waals surface area contributed by atoms with Crippen LogP contribution in [0.15, 0.2) is 22.9 Å². The van der Waals surface area contributed by atoms with Crippen molar-refractivity contribution in [1.82, 2.24) is 19.6 Å². The van der Waals surface area contributed by atoms with Gasteiger partial charge in [0.15, 0.2) is 5.03 Å². The van der Waals surface area contributed by atoms with E-state index in [1.54, 1.807) is 18.5 Å². The largest absolute Gasteiger partial charge is 0.355 e. The summed E-state index contributed by atoms with van der Waals surface area (Å²) >= 11 is 0. The van der Waals surface area contributed by atoms with Crippen molar-refractivity contribution in [2.45, 2.75) is 44.1 Å². The summed E-state index contributed by atoms with van der Waals surface area (Å²) in [7, 11) is -2.04. The van der Waals surface area contributed by atoms with Gasteiger partial charge in [-0.25, -0.2) is 18.1 Å². The molecule has 0 bridgehead atoms. The number of sulfonamides is 1. The Balaban J connectivity index is 1.76. The lowest BCUT2D eigenvalue weighted by atomic mass is 9.97. The molecule has 0 atom stereocenters.